The fraction of sp³-hybridized carbons (Fsp3) is 0.0769. The van der Waals surface area contributed by atoms with Crippen LogP contribution in [0.2, 0.25) is 0 Å². The molecule has 0 atom stereocenters. The first kappa shape index (κ1) is 14.3. The molecule has 0 saturated heterocycles. The third-order valence-electron chi connectivity index (χ3n) is 2.48. The summed E-state index contributed by atoms with van der Waals surface area (Å²) in [6, 6.07) is 11.4. The highest BCUT2D eigenvalue weighted by Gasteiger charge is 2.26. The highest BCUT2D eigenvalue weighted by Crippen LogP contribution is 2.25. The average molecular weight is 299 g/mol. The second-order valence-electron chi connectivity index (χ2n) is 3.95. The van der Waals surface area contributed by atoms with E-state index in [1.165, 1.54) is 12.1 Å². The Labute approximate surface area is 114 Å². The lowest BCUT2D eigenvalue weighted by atomic mass is 10.3. The molecule has 0 aliphatic carbocycles. The molecule has 4 nitrogen and oxygen atoms in total. The molecule has 0 spiro atoms. The molecule has 0 aliphatic heterocycles. The number of benzene rings is 2. The van der Waals surface area contributed by atoms with Crippen molar-refractivity contribution in [2.24, 2.45) is 0 Å². The topological polar surface area (TPSA) is 69.4 Å². The molecule has 0 saturated carbocycles. The van der Waals surface area contributed by atoms with E-state index in [0.717, 1.165) is 12.1 Å². The molecule has 2 aromatic carbocycles. The van der Waals surface area contributed by atoms with Gasteiger partial charge in [-0.25, -0.2) is 8.42 Å². The van der Waals surface area contributed by atoms with Crippen molar-refractivity contribution in [3.8, 4) is 11.5 Å². The van der Waals surface area contributed by atoms with Crippen LogP contribution in [0.4, 0.5) is 14.5 Å². The molecule has 0 bridgehead atoms. The van der Waals surface area contributed by atoms with E-state index in [0.29, 0.717) is 17.2 Å². The Morgan fingerprint density at radius 1 is 1.00 bits per heavy atom. The average Bonchev–Trinajstić information content (AvgIpc) is 2.39. The van der Waals surface area contributed by atoms with Gasteiger partial charge in [0.15, 0.2) is 0 Å². The minimum Gasteiger partial charge on any atom is -0.457 e. The van der Waals surface area contributed by atoms with Crippen molar-refractivity contribution in [1.29, 1.82) is 0 Å². The molecular weight excluding hydrogens is 288 g/mol. The van der Waals surface area contributed by atoms with Crippen LogP contribution in [0.1, 0.15) is 0 Å². The van der Waals surface area contributed by atoms with Crippen molar-refractivity contribution < 1.29 is 21.9 Å². The summed E-state index contributed by atoms with van der Waals surface area (Å²) < 4.78 is 52.6. The molecule has 0 aromatic heterocycles. The van der Waals surface area contributed by atoms with Gasteiger partial charge in [0.2, 0.25) is 9.84 Å². The SMILES string of the molecule is Nc1cccc(Oc2ccc(S(=O)(=O)C(F)F)cc2)c1. The molecule has 7 heteroatoms. The molecule has 0 radical (unpaired) electrons. The van der Waals surface area contributed by atoms with Gasteiger partial charge >= 0.3 is 5.76 Å². The van der Waals surface area contributed by atoms with E-state index >= 15 is 0 Å². The Morgan fingerprint density at radius 3 is 2.20 bits per heavy atom. The van der Waals surface area contributed by atoms with Gasteiger partial charge in [-0.1, -0.05) is 6.07 Å². The highest BCUT2D eigenvalue weighted by atomic mass is 32.2. The molecule has 106 valence electrons. The van der Waals surface area contributed by atoms with Crippen LogP contribution < -0.4 is 10.5 Å². The summed E-state index contributed by atoms with van der Waals surface area (Å²) in [5.41, 5.74) is 6.10. The molecule has 0 heterocycles. The van der Waals surface area contributed by atoms with E-state index in [2.05, 4.69) is 0 Å². The van der Waals surface area contributed by atoms with Crippen LogP contribution in [-0.4, -0.2) is 14.2 Å². The third-order valence-corrected chi connectivity index (χ3v) is 3.88. The highest BCUT2D eigenvalue weighted by molar-refractivity contribution is 7.91. The van der Waals surface area contributed by atoms with Crippen molar-refractivity contribution in [1.82, 2.24) is 0 Å². The molecule has 2 rings (SSSR count). The lowest BCUT2D eigenvalue weighted by Crippen LogP contribution is -2.11. The third kappa shape index (κ3) is 3.05. The van der Waals surface area contributed by atoms with E-state index in [1.807, 2.05) is 0 Å². The van der Waals surface area contributed by atoms with Gasteiger partial charge in [0.1, 0.15) is 11.5 Å². The Kier molecular flexibility index (Phi) is 3.89. The zero-order valence-electron chi connectivity index (χ0n) is 10.2. The summed E-state index contributed by atoms with van der Waals surface area (Å²) in [6.07, 6.45) is 0. The lowest BCUT2D eigenvalue weighted by Gasteiger charge is -2.07. The number of nitrogens with two attached hydrogens (primary N) is 1. The van der Waals surface area contributed by atoms with Crippen LogP contribution in [0.25, 0.3) is 0 Å². The van der Waals surface area contributed by atoms with Crippen LogP contribution >= 0.6 is 0 Å². The van der Waals surface area contributed by atoms with Crippen molar-refractivity contribution in [3.05, 3.63) is 48.5 Å². The second-order valence-corrected chi connectivity index (χ2v) is 5.87. The van der Waals surface area contributed by atoms with Crippen LogP contribution in [0, 0.1) is 0 Å². The van der Waals surface area contributed by atoms with E-state index in [4.69, 9.17) is 10.5 Å². The van der Waals surface area contributed by atoms with E-state index in [1.54, 1.807) is 24.3 Å². The fourth-order valence-corrected chi connectivity index (χ4v) is 2.24. The predicted molar refractivity (Wildman–Crippen MR) is 70.6 cm³/mol. The van der Waals surface area contributed by atoms with Gasteiger partial charge in [-0.2, -0.15) is 8.78 Å². The van der Waals surface area contributed by atoms with Gasteiger partial charge in [-0.05, 0) is 36.4 Å². The van der Waals surface area contributed by atoms with Gasteiger partial charge in [0.05, 0.1) is 4.90 Å². The van der Waals surface area contributed by atoms with E-state index in [-0.39, 0.29) is 0 Å². The Hall–Kier alpha value is -2.15. The van der Waals surface area contributed by atoms with Crippen LogP contribution in [-0.2, 0) is 9.84 Å². The van der Waals surface area contributed by atoms with Gasteiger partial charge in [0, 0.05) is 11.8 Å². The van der Waals surface area contributed by atoms with Gasteiger partial charge in [-0.3, -0.25) is 0 Å². The largest absolute Gasteiger partial charge is 0.457 e. The Balaban J connectivity index is 2.21. The number of sulfone groups is 1. The predicted octanol–water partition coefficient (Wildman–Crippen LogP) is 3.06. The Bertz CT molecular complexity index is 700. The van der Waals surface area contributed by atoms with Crippen molar-refractivity contribution >= 4 is 15.5 Å². The number of nitrogen functional groups attached to an aromatic ring is 1. The first-order valence-corrected chi connectivity index (χ1v) is 7.10. The normalized spacial score (nSPS) is 11.6. The van der Waals surface area contributed by atoms with E-state index in [9.17, 15) is 17.2 Å². The van der Waals surface area contributed by atoms with Crippen molar-refractivity contribution in [2.45, 2.75) is 10.7 Å². The smallest absolute Gasteiger partial charge is 0.341 e. The monoisotopic (exact) mass is 299 g/mol. The number of alkyl halides is 2. The zero-order chi connectivity index (χ0) is 14.8. The summed E-state index contributed by atoms with van der Waals surface area (Å²) >= 11 is 0. The van der Waals surface area contributed by atoms with Crippen molar-refractivity contribution in [3.63, 3.8) is 0 Å². The number of ether oxygens (including phenoxy) is 1. The number of anilines is 1. The lowest BCUT2D eigenvalue weighted by molar-refractivity contribution is 0.234. The maximum absolute atomic E-state index is 12.4. The molecule has 0 unspecified atom stereocenters. The first-order valence-electron chi connectivity index (χ1n) is 5.55. The second kappa shape index (κ2) is 5.46. The first-order chi connectivity index (χ1) is 9.39. The molecular formula is C13H11F2NO3S. The molecule has 0 fully saturated rings. The van der Waals surface area contributed by atoms with E-state index < -0.39 is 20.5 Å². The number of hydrogen-bond donors (Lipinski definition) is 1. The minimum atomic E-state index is -4.58. The van der Waals surface area contributed by atoms with Crippen LogP contribution in [0.5, 0.6) is 11.5 Å². The maximum atomic E-state index is 12.4. The molecule has 2 N–H and O–H groups in total. The summed E-state index contributed by atoms with van der Waals surface area (Å²) in [7, 11) is -4.58. The number of rotatable bonds is 4. The zero-order valence-corrected chi connectivity index (χ0v) is 11.0. The van der Waals surface area contributed by atoms with Gasteiger partial charge < -0.3 is 10.5 Å². The summed E-state index contributed by atoms with van der Waals surface area (Å²) in [6.45, 7) is 0. The van der Waals surface area contributed by atoms with Crippen molar-refractivity contribution in [2.75, 3.05) is 5.73 Å². The fourth-order valence-electron chi connectivity index (χ4n) is 1.51. The maximum Gasteiger partial charge on any atom is 0.341 e. The van der Waals surface area contributed by atoms with Crippen LogP contribution in [0.3, 0.4) is 0 Å². The summed E-state index contributed by atoms with van der Waals surface area (Å²) in [4.78, 5) is -0.451. The van der Waals surface area contributed by atoms with Crippen LogP contribution in [0.15, 0.2) is 53.4 Å². The molecule has 20 heavy (non-hydrogen) atoms. The number of halogens is 2. The molecule has 0 aliphatic rings. The van der Waals surface area contributed by atoms with Gasteiger partial charge in [-0.15, -0.1) is 0 Å². The summed E-state index contributed by atoms with van der Waals surface area (Å²) in [5, 5.41) is 0. The standard InChI is InChI=1S/C13H11F2NO3S/c14-13(15)20(17,18)12-6-4-10(5-7-12)19-11-3-1-2-9(16)8-11/h1-8,13H,16H2. The Morgan fingerprint density at radius 2 is 1.65 bits per heavy atom. The number of hydrogen-bond acceptors (Lipinski definition) is 4. The van der Waals surface area contributed by atoms with Gasteiger partial charge in [0.25, 0.3) is 0 Å². The summed E-state index contributed by atoms with van der Waals surface area (Å²) in [5.74, 6) is -2.65. The molecule has 0 amide bonds. The minimum absolute atomic E-state index is 0.323. The molecule has 2 aromatic rings. The quantitative estimate of drug-likeness (QED) is 0.881.